The monoisotopic (exact) mass is 610 g/mol. The van der Waals surface area contributed by atoms with E-state index in [1.807, 2.05) is 60.7 Å². The number of amides is 4. The first-order valence-corrected chi connectivity index (χ1v) is 14.9. The molecule has 0 radical (unpaired) electrons. The van der Waals surface area contributed by atoms with Crippen LogP contribution in [-0.4, -0.2) is 59.1 Å². The van der Waals surface area contributed by atoms with Crippen LogP contribution in [0.3, 0.4) is 0 Å². The molecule has 4 atom stereocenters. The lowest BCUT2D eigenvalue weighted by molar-refractivity contribution is -0.133. The van der Waals surface area contributed by atoms with Crippen LogP contribution < -0.4 is 0 Å². The van der Waals surface area contributed by atoms with Gasteiger partial charge in [0.2, 0.25) is 11.8 Å². The number of hydrogen-bond acceptors (Lipinski definition) is 6. The molecular formula is C36H35FN2O6. The molecule has 0 saturated carbocycles. The molecule has 0 bridgehead atoms. The van der Waals surface area contributed by atoms with Gasteiger partial charge in [-0.25, -0.2) is 23.8 Å². The van der Waals surface area contributed by atoms with E-state index in [9.17, 15) is 23.6 Å². The van der Waals surface area contributed by atoms with Gasteiger partial charge in [0.05, 0.1) is 23.9 Å². The molecule has 232 valence electrons. The average Bonchev–Trinajstić information content (AvgIpc) is 3.59. The van der Waals surface area contributed by atoms with Crippen LogP contribution in [0.5, 0.6) is 0 Å². The Morgan fingerprint density at radius 3 is 1.76 bits per heavy atom. The van der Waals surface area contributed by atoms with Crippen LogP contribution in [0, 0.1) is 17.7 Å². The maximum atomic E-state index is 14.1. The number of nitrogens with zero attached hydrogens (tertiary/aromatic N) is 2. The van der Waals surface area contributed by atoms with E-state index in [-0.39, 0.29) is 26.1 Å². The van der Waals surface area contributed by atoms with Crippen molar-refractivity contribution in [3.05, 3.63) is 132 Å². The Morgan fingerprint density at radius 2 is 1.24 bits per heavy atom. The normalized spacial score (nSPS) is 19.3. The molecule has 2 aliphatic rings. The first kappa shape index (κ1) is 31.4. The summed E-state index contributed by atoms with van der Waals surface area (Å²) in [5.41, 5.74) is 2.44. The highest BCUT2D eigenvalue weighted by atomic mass is 19.1. The summed E-state index contributed by atoms with van der Waals surface area (Å²) in [4.78, 5) is 55.7. The highest BCUT2D eigenvalue weighted by Gasteiger charge is 2.42. The molecule has 2 unspecified atom stereocenters. The summed E-state index contributed by atoms with van der Waals surface area (Å²) in [5, 5.41) is 0. The van der Waals surface area contributed by atoms with Gasteiger partial charge in [-0.3, -0.25) is 9.59 Å². The first-order chi connectivity index (χ1) is 21.8. The molecule has 2 saturated heterocycles. The van der Waals surface area contributed by atoms with Crippen molar-refractivity contribution in [2.45, 2.75) is 37.8 Å². The Bertz CT molecular complexity index is 1560. The van der Waals surface area contributed by atoms with Crippen molar-refractivity contribution >= 4 is 24.0 Å². The standard InChI is InChI=1S/C36H35FN2O6/c1-2-10-28(33(40)38-31(23-44-35(38)42)21-25-11-5-3-6-12-25)17-18-29(19-27-15-9-16-30(37)20-27)34(41)39-32(24-45-36(39)43)22-26-13-7-4-8-14-26/h2-9,11-18,20,28-29,31-32H,1,10,19,21-24H2/t28-,29+,31?,32?/m0/s1. The zero-order chi connectivity index (χ0) is 31.8. The minimum absolute atomic E-state index is 0.0489. The minimum atomic E-state index is -0.929. The molecule has 2 fully saturated rings. The summed E-state index contributed by atoms with van der Waals surface area (Å²) in [7, 11) is 0. The van der Waals surface area contributed by atoms with E-state index in [2.05, 4.69) is 6.58 Å². The largest absolute Gasteiger partial charge is 0.447 e. The van der Waals surface area contributed by atoms with Gasteiger partial charge in [-0.2, -0.15) is 0 Å². The van der Waals surface area contributed by atoms with Gasteiger partial charge < -0.3 is 9.47 Å². The number of imide groups is 2. The zero-order valence-corrected chi connectivity index (χ0v) is 24.8. The summed E-state index contributed by atoms with van der Waals surface area (Å²) in [6.45, 7) is 3.90. The lowest BCUT2D eigenvalue weighted by Crippen LogP contribution is -2.44. The number of hydrogen-bond donors (Lipinski definition) is 0. The maximum absolute atomic E-state index is 14.1. The van der Waals surface area contributed by atoms with Crippen molar-refractivity contribution in [1.29, 1.82) is 0 Å². The number of carbonyl (C=O) groups excluding carboxylic acids is 4. The van der Waals surface area contributed by atoms with Gasteiger partial charge in [-0.15, -0.1) is 6.58 Å². The highest BCUT2D eigenvalue weighted by molar-refractivity contribution is 5.97. The fraction of sp³-hybridized carbons (Fsp3) is 0.278. The van der Waals surface area contributed by atoms with Crippen LogP contribution in [0.15, 0.2) is 110 Å². The molecule has 0 aromatic heterocycles. The molecule has 2 aliphatic heterocycles. The van der Waals surface area contributed by atoms with E-state index in [4.69, 9.17) is 9.47 Å². The number of cyclic esters (lactones) is 2. The third kappa shape index (κ3) is 7.73. The number of carbonyl (C=O) groups is 4. The van der Waals surface area contributed by atoms with Gasteiger partial charge in [0.15, 0.2) is 0 Å². The lowest BCUT2D eigenvalue weighted by Gasteiger charge is -2.25. The molecule has 0 spiro atoms. The summed E-state index contributed by atoms with van der Waals surface area (Å²) >= 11 is 0. The summed E-state index contributed by atoms with van der Waals surface area (Å²) in [5.74, 6) is -3.22. The second kappa shape index (κ2) is 14.6. The van der Waals surface area contributed by atoms with E-state index in [0.29, 0.717) is 18.4 Å². The van der Waals surface area contributed by atoms with Gasteiger partial charge in [-0.05, 0) is 54.5 Å². The van der Waals surface area contributed by atoms with Gasteiger partial charge in [0.25, 0.3) is 0 Å². The summed E-state index contributed by atoms with van der Waals surface area (Å²) < 4.78 is 24.7. The molecule has 5 rings (SSSR count). The van der Waals surface area contributed by atoms with E-state index in [0.717, 1.165) is 20.9 Å². The van der Waals surface area contributed by atoms with Crippen LogP contribution in [0.4, 0.5) is 14.0 Å². The molecule has 3 aromatic rings. The van der Waals surface area contributed by atoms with E-state index >= 15 is 0 Å². The van der Waals surface area contributed by atoms with Crippen LogP contribution in [-0.2, 0) is 38.3 Å². The molecule has 0 N–H and O–H groups in total. The van der Waals surface area contributed by atoms with Crippen molar-refractivity contribution in [1.82, 2.24) is 9.80 Å². The van der Waals surface area contributed by atoms with E-state index in [1.165, 1.54) is 12.1 Å². The van der Waals surface area contributed by atoms with Crippen LogP contribution in [0.25, 0.3) is 0 Å². The predicted molar refractivity (Wildman–Crippen MR) is 165 cm³/mol. The Hall–Kier alpha value is -5.05. The Kier molecular flexibility index (Phi) is 10.2. The number of rotatable bonds is 12. The maximum Gasteiger partial charge on any atom is 0.417 e. The molecular weight excluding hydrogens is 575 g/mol. The third-order valence-electron chi connectivity index (χ3n) is 8.00. The Balaban J connectivity index is 1.40. The molecule has 9 heteroatoms. The second-order valence-corrected chi connectivity index (χ2v) is 11.2. The van der Waals surface area contributed by atoms with Crippen molar-refractivity contribution in [2.24, 2.45) is 11.8 Å². The molecule has 2 heterocycles. The molecule has 45 heavy (non-hydrogen) atoms. The van der Waals surface area contributed by atoms with Crippen molar-refractivity contribution in [3.63, 3.8) is 0 Å². The fourth-order valence-corrected chi connectivity index (χ4v) is 5.76. The molecule has 3 aromatic carbocycles. The third-order valence-corrected chi connectivity index (χ3v) is 8.00. The Labute approximate surface area is 261 Å². The molecule has 8 nitrogen and oxygen atoms in total. The minimum Gasteiger partial charge on any atom is -0.447 e. The first-order valence-electron chi connectivity index (χ1n) is 14.9. The van der Waals surface area contributed by atoms with E-state index in [1.54, 1.807) is 30.4 Å². The van der Waals surface area contributed by atoms with Gasteiger partial charge in [-0.1, -0.05) is 91.0 Å². The van der Waals surface area contributed by atoms with Crippen LogP contribution in [0.2, 0.25) is 0 Å². The molecule has 0 aliphatic carbocycles. The van der Waals surface area contributed by atoms with Gasteiger partial charge in [0, 0.05) is 0 Å². The lowest BCUT2D eigenvalue weighted by atomic mass is 9.93. The molecule has 4 amide bonds. The fourth-order valence-electron chi connectivity index (χ4n) is 5.76. The number of ether oxygens (including phenoxy) is 2. The topological polar surface area (TPSA) is 93.2 Å². The Morgan fingerprint density at radius 1 is 0.756 bits per heavy atom. The van der Waals surface area contributed by atoms with E-state index < -0.39 is 53.7 Å². The number of allylic oxidation sites excluding steroid dienone is 1. The number of halogens is 1. The highest BCUT2D eigenvalue weighted by Crippen LogP contribution is 2.26. The average molecular weight is 611 g/mol. The smallest absolute Gasteiger partial charge is 0.417 e. The van der Waals surface area contributed by atoms with Gasteiger partial charge >= 0.3 is 12.2 Å². The second-order valence-electron chi connectivity index (χ2n) is 11.2. The number of benzene rings is 3. The summed E-state index contributed by atoms with van der Waals surface area (Å²) in [6, 6.07) is 23.8. The van der Waals surface area contributed by atoms with Crippen molar-refractivity contribution in [3.8, 4) is 0 Å². The SMILES string of the molecule is C=CC[C@@H](C=C[C@H](Cc1cccc(F)c1)C(=O)N1C(=O)OCC1Cc1ccccc1)C(=O)N1C(=O)OCC1Cc1ccccc1. The van der Waals surface area contributed by atoms with Crippen LogP contribution in [0.1, 0.15) is 23.1 Å². The zero-order valence-electron chi connectivity index (χ0n) is 24.8. The predicted octanol–water partition coefficient (Wildman–Crippen LogP) is 5.91. The quantitative estimate of drug-likeness (QED) is 0.237. The summed E-state index contributed by atoms with van der Waals surface area (Å²) in [6.07, 6.45) is 4.35. The van der Waals surface area contributed by atoms with Gasteiger partial charge in [0.1, 0.15) is 19.0 Å². The van der Waals surface area contributed by atoms with Crippen molar-refractivity contribution < 1.29 is 33.0 Å². The van der Waals surface area contributed by atoms with Crippen molar-refractivity contribution in [2.75, 3.05) is 13.2 Å². The van der Waals surface area contributed by atoms with Crippen LogP contribution >= 0.6 is 0 Å².